The zero-order chi connectivity index (χ0) is 15.4. The topological polar surface area (TPSA) is 78.4 Å². The van der Waals surface area contributed by atoms with Crippen molar-refractivity contribution in [3.8, 4) is 0 Å². The molecule has 2 rings (SSSR count). The first-order valence-corrected chi connectivity index (χ1v) is 6.58. The predicted octanol–water partition coefficient (Wildman–Crippen LogP) is 4.34. The van der Waals surface area contributed by atoms with Crippen LogP contribution in [-0.2, 0) is 0 Å². The molecule has 2 aromatic carbocycles. The summed E-state index contributed by atoms with van der Waals surface area (Å²) in [6.07, 6.45) is 0. The number of halogens is 2. The molecule has 0 heterocycles. The molecule has 0 fully saturated rings. The molecule has 0 aliphatic heterocycles. The van der Waals surface area contributed by atoms with E-state index in [1.165, 1.54) is 12.1 Å². The molecular formula is C14H10Cl2N2O3. The van der Waals surface area contributed by atoms with Crippen LogP contribution in [0.5, 0.6) is 0 Å². The van der Waals surface area contributed by atoms with E-state index in [9.17, 15) is 9.59 Å². The third kappa shape index (κ3) is 3.87. The fourth-order valence-corrected chi connectivity index (χ4v) is 2.21. The fourth-order valence-electron chi connectivity index (χ4n) is 1.67. The first-order valence-electron chi connectivity index (χ1n) is 5.83. The fraction of sp³-hybridized carbons (Fsp3) is 0. The van der Waals surface area contributed by atoms with Gasteiger partial charge in [-0.2, -0.15) is 0 Å². The Kier molecular flexibility index (Phi) is 4.67. The Morgan fingerprint density at radius 1 is 1.00 bits per heavy atom. The van der Waals surface area contributed by atoms with E-state index in [4.69, 9.17) is 28.3 Å². The number of hydrogen-bond acceptors (Lipinski definition) is 2. The normalized spacial score (nSPS) is 10.0. The van der Waals surface area contributed by atoms with Crippen LogP contribution < -0.4 is 10.6 Å². The molecule has 2 aromatic rings. The quantitative estimate of drug-likeness (QED) is 0.785. The largest absolute Gasteiger partial charge is 0.478 e. The molecule has 0 unspecified atom stereocenters. The molecule has 21 heavy (non-hydrogen) atoms. The lowest BCUT2D eigenvalue weighted by Crippen LogP contribution is -2.21. The Hall–Kier alpha value is -2.24. The highest BCUT2D eigenvalue weighted by atomic mass is 35.5. The number of carboxylic acid groups (broad SMARTS) is 1. The molecule has 0 aliphatic carbocycles. The van der Waals surface area contributed by atoms with Gasteiger partial charge in [-0.25, -0.2) is 9.59 Å². The summed E-state index contributed by atoms with van der Waals surface area (Å²) in [5.41, 5.74) is 0.370. The minimum Gasteiger partial charge on any atom is -0.478 e. The number of para-hydroxylation sites is 1. The second kappa shape index (κ2) is 6.47. The molecule has 3 N–H and O–H groups in total. The van der Waals surface area contributed by atoms with E-state index < -0.39 is 12.0 Å². The molecule has 0 bridgehead atoms. The standard InChI is InChI=1S/C14H10Cl2N2O3/c15-8-6-10(13(19)20)12(11(16)7-8)18-14(21)17-9-4-2-1-3-5-9/h1-7H,(H,19,20)(H2,17,18,21). The van der Waals surface area contributed by atoms with Gasteiger partial charge in [0, 0.05) is 10.7 Å². The molecule has 7 heteroatoms. The number of rotatable bonds is 3. The highest BCUT2D eigenvalue weighted by Gasteiger charge is 2.17. The Labute approximate surface area is 130 Å². The van der Waals surface area contributed by atoms with Crippen molar-refractivity contribution in [1.29, 1.82) is 0 Å². The molecule has 0 saturated carbocycles. The second-order valence-electron chi connectivity index (χ2n) is 4.06. The number of anilines is 2. The van der Waals surface area contributed by atoms with Crippen molar-refractivity contribution in [2.75, 3.05) is 10.6 Å². The summed E-state index contributed by atoms with van der Waals surface area (Å²) >= 11 is 11.7. The average Bonchev–Trinajstić information content (AvgIpc) is 2.42. The number of carbonyl (C=O) groups excluding carboxylic acids is 1. The Balaban J connectivity index is 2.23. The van der Waals surface area contributed by atoms with E-state index in [2.05, 4.69) is 10.6 Å². The number of benzene rings is 2. The SMILES string of the molecule is O=C(Nc1ccccc1)Nc1c(Cl)cc(Cl)cc1C(=O)O. The van der Waals surface area contributed by atoms with Gasteiger partial charge in [0.15, 0.2) is 0 Å². The third-order valence-corrected chi connectivity index (χ3v) is 3.07. The molecule has 0 atom stereocenters. The lowest BCUT2D eigenvalue weighted by Gasteiger charge is -2.12. The number of hydrogen-bond donors (Lipinski definition) is 3. The molecule has 0 aromatic heterocycles. The number of urea groups is 1. The highest BCUT2D eigenvalue weighted by molar-refractivity contribution is 6.37. The van der Waals surface area contributed by atoms with Gasteiger partial charge in [-0.05, 0) is 24.3 Å². The van der Waals surface area contributed by atoms with Gasteiger partial charge in [-0.1, -0.05) is 41.4 Å². The van der Waals surface area contributed by atoms with E-state index in [-0.39, 0.29) is 21.3 Å². The van der Waals surface area contributed by atoms with Crippen molar-refractivity contribution < 1.29 is 14.7 Å². The first kappa shape index (κ1) is 15.2. The number of carboxylic acids is 1. The molecule has 0 radical (unpaired) electrons. The molecule has 0 saturated heterocycles. The van der Waals surface area contributed by atoms with Crippen LogP contribution in [0.4, 0.5) is 16.2 Å². The van der Waals surface area contributed by atoms with Crippen LogP contribution in [0.2, 0.25) is 10.0 Å². The van der Waals surface area contributed by atoms with Crippen LogP contribution in [0.3, 0.4) is 0 Å². The lowest BCUT2D eigenvalue weighted by atomic mass is 10.2. The van der Waals surface area contributed by atoms with Gasteiger partial charge in [-0.15, -0.1) is 0 Å². The smallest absolute Gasteiger partial charge is 0.337 e. The molecule has 5 nitrogen and oxygen atoms in total. The van der Waals surface area contributed by atoms with Gasteiger partial charge in [-0.3, -0.25) is 0 Å². The van der Waals surface area contributed by atoms with Crippen molar-refractivity contribution in [1.82, 2.24) is 0 Å². The van der Waals surface area contributed by atoms with Crippen molar-refractivity contribution in [2.24, 2.45) is 0 Å². The molecule has 0 aliphatic rings. The number of carbonyl (C=O) groups is 2. The zero-order valence-electron chi connectivity index (χ0n) is 10.6. The van der Waals surface area contributed by atoms with E-state index in [1.807, 2.05) is 6.07 Å². The van der Waals surface area contributed by atoms with Crippen LogP contribution in [0.15, 0.2) is 42.5 Å². The van der Waals surface area contributed by atoms with Crippen LogP contribution in [-0.4, -0.2) is 17.1 Å². The monoisotopic (exact) mass is 324 g/mol. The lowest BCUT2D eigenvalue weighted by molar-refractivity contribution is 0.0698. The Bertz CT molecular complexity index is 690. The van der Waals surface area contributed by atoms with Crippen molar-refractivity contribution in [3.63, 3.8) is 0 Å². The van der Waals surface area contributed by atoms with Gasteiger partial charge < -0.3 is 15.7 Å². The van der Waals surface area contributed by atoms with Gasteiger partial charge in [0.1, 0.15) is 0 Å². The van der Waals surface area contributed by atoms with E-state index in [0.717, 1.165) is 0 Å². The second-order valence-corrected chi connectivity index (χ2v) is 4.90. The summed E-state index contributed by atoms with van der Waals surface area (Å²) in [4.78, 5) is 23.1. The Morgan fingerprint density at radius 3 is 2.29 bits per heavy atom. The molecular weight excluding hydrogens is 315 g/mol. The summed E-state index contributed by atoms with van der Waals surface area (Å²) in [7, 11) is 0. The van der Waals surface area contributed by atoms with Crippen molar-refractivity contribution in [2.45, 2.75) is 0 Å². The summed E-state index contributed by atoms with van der Waals surface area (Å²) in [6, 6.07) is 10.7. The van der Waals surface area contributed by atoms with Crippen LogP contribution >= 0.6 is 23.2 Å². The highest BCUT2D eigenvalue weighted by Crippen LogP contribution is 2.30. The van der Waals surface area contributed by atoms with E-state index in [0.29, 0.717) is 5.69 Å². The maximum Gasteiger partial charge on any atom is 0.337 e. The van der Waals surface area contributed by atoms with Crippen LogP contribution in [0, 0.1) is 0 Å². The summed E-state index contributed by atoms with van der Waals surface area (Å²) < 4.78 is 0. The summed E-state index contributed by atoms with van der Waals surface area (Å²) in [6.45, 7) is 0. The first-order chi connectivity index (χ1) is 9.97. The Morgan fingerprint density at radius 2 is 1.67 bits per heavy atom. The predicted molar refractivity (Wildman–Crippen MR) is 82.5 cm³/mol. The van der Waals surface area contributed by atoms with Gasteiger partial charge in [0.05, 0.1) is 16.3 Å². The molecule has 108 valence electrons. The van der Waals surface area contributed by atoms with Gasteiger partial charge in [0.2, 0.25) is 0 Å². The molecule has 0 spiro atoms. The van der Waals surface area contributed by atoms with E-state index in [1.54, 1.807) is 24.3 Å². The van der Waals surface area contributed by atoms with Gasteiger partial charge in [0.25, 0.3) is 0 Å². The average molecular weight is 325 g/mol. The van der Waals surface area contributed by atoms with Crippen LogP contribution in [0.25, 0.3) is 0 Å². The summed E-state index contributed by atoms with van der Waals surface area (Å²) in [5.74, 6) is -1.24. The number of nitrogens with one attached hydrogen (secondary N) is 2. The number of aromatic carboxylic acids is 1. The minimum atomic E-state index is -1.24. The molecule has 2 amide bonds. The van der Waals surface area contributed by atoms with Crippen molar-refractivity contribution in [3.05, 3.63) is 58.1 Å². The number of amides is 2. The van der Waals surface area contributed by atoms with Crippen molar-refractivity contribution >= 4 is 46.6 Å². The maximum absolute atomic E-state index is 11.9. The summed E-state index contributed by atoms with van der Waals surface area (Å²) in [5, 5.41) is 14.3. The van der Waals surface area contributed by atoms with Crippen LogP contribution in [0.1, 0.15) is 10.4 Å². The van der Waals surface area contributed by atoms with Gasteiger partial charge >= 0.3 is 12.0 Å². The third-order valence-electron chi connectivity index (χ3n) is 2.56. The maximum atomic E-state index is 11.9. The minimum absolute atomic E-state index is 0.0120. The zero-order valence-corrected chi connectivity index (χ0v) is 12.1. The van der Waals surface area contributed by atoms with E-state index >= 15 is 0 Å².